The maximum absolute atomic E-state index is 8.98. The van der Waals surface area contributed by atoms with E-state index in [-0.39, 0.29) is 6.04 Å². The molecule has 0 unspecified atom stereocenters. The van der Waals surface area contributed by atoms with Crippen LogP contribution in [0, 0.1) is 11.3 Å². The first-order chi connectivity index (χ1) is 8.31. The molecule has 1 aromatic rings. The molecule has 0 radical (unpaired) electrons. The molecular weight excluding hydrogens is 278 g/mol. The SMILES string of the molecule is N#CC[C@H](c1ccc(Br)cc1)N1CCNCC1. The summed E-state index contributed by atoms with van der Waals surface area (Å²) in [6.45, 7) is 4.06. The topological polar surface area (TPSA) is 39.1 Å². The van der Waals surface area contributed by atoms with Gasteiger partial charge in [-0.2, -0.15) is 5.26 Å². The fraction of sp³-hybridized carbons (Fsp3) is 0.462. The van der Waals surface area contributed by atoms with Crippen LogP contribution in [0.2, 0.25) is 0 Å². The van der Waals surface area contributed by atoms with Crippen LogP contribution in [0.3, 0.4) is 0 Å². The van der Waals surface area contributed by atoms with E-state index in [2.05, 4.69) is 44.3 Å². The second-order valence-electron chi connectivity index (χ2n) is 4.22. The molecule has 0 saturated carbocycles. The van der Waals surface area contributed by atoms with E-state index >= 15 is 0 Å². The summed E-state index contributed by atoms with van der Waals surface area (Å²) < 4.78 is 1.08. The van der Waals surface area contributed by atoms with Gasteiger partial charge >= 0.3 is 0 Å². The molecule has 0 bridgehead atoms. The summed E-state index contributed by atoms with van der Waals surface area (Å²) in [4.78, 5) is 2.39. The number of nitriles is 1. The molecule has 17 heavy (non-hydrogen) atoms. The van der Waals surface area contributed by atoms with Gasteiger partial charge in [-0.05, 0) is 17.7 Å². The fourth-order valence-electron chi connectivity index (χ4n) is 2.22. The first-order valence-electron chi connectivity index (χ1n) is 5.88. The molecule has 1 saturated heterocycles. The van der Waals surface area contributed by atoms with Gasteiger partial charge in [0.25, 0.3) is 0 Å². The van der Waals surface area contributed by atoms with E-state index in [1.165, 1.54) is 5.56 Å². The van der Waals surface area contributed by atoms with Crippen LogP contribution < -0.4 is 5.32 Å². The van der Waals surface area contributed by atoms with Crippen LogP contribution in [0.1, 0.15) is 18.0 Å². The number of hydrogen-bond acceptors (Lipinski definition) is 3. The van der Waals surface area contributed by atoms with Crippen molar-refractivity contribution in [3.05, 3.63) is 34.3 Å². The molecule has 0 aliphatic carbocycles. The average molecular weight is 294 g/mol. The summed E-state index contributed by atoms with van der Waals surface area (Å²) >= 11 is 3.44. The van der Waals surface area contributed by atoms with Gasteiger partial charge in [0.15, 0.2) is 0 Å². The van der Waals surface area contributed by atoms with Crippen LogP contribution in [0.4, 0.5) is 0 Å². The first kappa shape index (κ1) is 12.6. The van der Waals surface area contributed by atoms with Crippen molar-refractivity contribution in [2.24, 2.45) is 0 Å². The minimum Gasteiger partial charge on any atom is -0.314 e. The molecular formula is C13H16BrN3. The van der Waals surface area contributed by atoms with Gasteiger partial charge in [0, 0.05) is 36.7 Å². The van der Waals surface area contributed by atoms with E-state index in [1.807, 2.05) is 12.1 Å². The van der Waals surface area contributed by atoms with Crippen molar-refractivity contribution < 1.29 is 0 Å². The third-order valence-corrected chi connectivity index (χ3v) is 3.66. The van der Waals surface area contributed by atoms with Crippen LogP contribution in [-0.4, -0.2) is 31.1 Å². The zero-order valence-electron chi connectivity index (χ0n) is 9.69. The van der Waals surface area contributed by atoms with Crippen LogP contribution in [-0.2, 0) is 0 Å². The molecule has 1 N–H and O–H groups in total. The van der Waals surface area contributed by atoms with E-state index in [0.29, 0.717) is 6.42 Å². The smallest absolute Gasteiger partial charge is 0.0641 e. The van der Waals surface area contributed by atoms with Gasteiger partial charge in [0.1, 0.15) is 0 Å². The maximum atomic E-state index is 8.98. The number of nitrogens with zero attached hydrogens (tertiary/aromatic N) is 2. The highest BCUT2D eigenvalue weighted by Crippen LogP contribution is 2.25. The van der Waals surface area contributed by atoms with E-state index in [1.54, 1.807) is 0 Å². The Balaban J connectivity index is 2.15. The van der Waals surface area contributed by atoms with Crippen LogP contribution in [0.25, 0.3) is 0 Å². The molecule has 1 aromatic carbocycles. The van der Waals surface area contributed by atoms with E-state index < -0.39 is 0 Å². The fourth-order valence-corrected chi connectivity index (χ4v) is 2.49. The monoisotopic (exact) mass is 293 g/mol. The predicted molar refractivity (Wildman–Crippen MR) is 71.6 cm³/mol. The van der Waals surface area contributed by atoms with E-state index in [4.69, 9.17) is 5.26 Å². The summed E-state index contributed by atoms with van der Waals surface area (Å²) in [6.07, 6.45) is 0.557. The Hall–Kier alpha value is -0.890. The van der Waals surface area contributed by atoms with Gasteiger partial charge in [0.05, 0.1) is 12.5 Å². The molecule has 1 heterocycles. The molecule has 0 amide bonds. The minimum atomic E-state index is 0.232. The Morgan fingerprint density at radius 2 is 1.94 bits per heavy atom. The molecule has 1 aliphatic heterocycles. The number of rotatable bonds is 3. The van der Waals surface area contributed by atoms with Crippen molar-refractivity contribution in [3.63, 3.8) is 0 Å². The summed E-state index contributed by atoms with van der Waals surface area (Å²) in [5.41, 5.74) is 1.23. The summed E-state index contributed by atoms with van der Waals surface area (Å²) in [5, 5.41) is 12.3. The number of piperazine rings is 1. The molecule has 1 aliphatic rings. The lowest BCUT2D eigenvalue weighted by Crippen LogP contribution is -2.45. The van der Waals surface area contributed by atoms with E-state index in [9.17, 15) is 0 Å². The van der Waals surface area contributed by atoms with Gasteiger partial charge in [-0.3, -0.25) is 4.90 Å². The highest BCUT2D eigenvalue weighted by molar-refractivity contribution is 9.10. The molecule has 1 fully saturated rings. The lowest BCUT2D eigenvalue weighted by Gasteiger charge is -2.34. The highest BCUT2D eigenvalue weighted by atomic mass is 79.9. The number of nitrogens with one attached hydrogen (secondary N) is 1. The van der Waals surface area contributed by atoms with Crippen molar-refractivity contribution in [2.75, 3.05) is 26.2 Å². The lowest BCUT2D eigenvalue weighted by molar-refractivity contribution is 0.175. The summed E-state index contributed by atoms with van der Waals surface area (Å²) in [5.74, 6) is 0. The van der Waals surface area contributed by atoms with Crippen molar-refractivity contribution >= 4 is 15.9 Å². The van der Waals surface area contributed by atoms with Gasteiger partial charge in [-0.15, -0.1) is 0 Å². The van der Waals surface area contributed by atoms with Gasteiger partial charge in [0.2, 0.25) is 0 Å². The molecule has 4 heteroatoms. The quantitative estimate of drug-likeness (QED) is 0.930. The average Bonchev–Trinajstić information content (AvgIpc) is 2.38. The van der Waals surface area contributed by atoms with E-state index in [0.717, 1.165) is 30.7 Å². The Labute approximate surface area is 111 Å². The molecule has 3 nitrogen and oxygen atoms in total. The molecule has 0 aromatic heterocycles. The predicted octanol–water partition coefficient (Wildman–Crippen LogP) is 2.31. The maximum Gasteiger partial charge on any atom is 0.0641 e. The van der Waals surface area contributed by atoms with Crippen LogP contribution in [0.5, 0.6) is 0 Å². The standard InChI is InChI=1S/C13H16BrN3/c14-12-3-1-11(2-4-12)13(5-6-15)17-9-7-16-8-10-17/h1-4,13,16H,5,7-10H2/t13-/m1/s1. The molecule has 0 spiro atoms. The van der Waals surface area contributed by atoms with Crippen molar-refractivity contribution in [1.82, 2.24) is 10.2 Å². The zero-order chi connectivity index (χ0) is 12.1. The van der Waals surface area contributed by atoms with Crippen molar-refractivity contribution in [1.29, 1.82) is 5.26 Å². The summed E-state index contributed by atoms with van der Waals surface area (Å²) in [6, 6.07) is 10.8. The van der Waals surface area contributed by atoms with Crippen molar-refractivity contribution in [3.8, 4) is 6.07 Å². The number of halogens is 1. The normalized spacial score (nSPS) is 18.6. The van der Waals surface area contributed by atoms with Crippen molar-refractivity contribution in [2.45, 2.75) is 12.5 Å². The first-order valence-corrected chi connectivity index (χ1v) is 6.68. The minimum absolute atomic E-state index is 0.232. The second-order valence-corrected chi connectivity index (χ2v) is 5.13. The van der Waals surface area contributed by atoms with Gasteiger partial charge in [-0.1, -0.05) is 28.1 Å². The highest BCUT2D eigenvalue weighted by Gasteiger charge is 2.21. The lowest BCUT2D eigenvalue weighted by atomic mass is 10.0. The van der Waals surface area contributed by atoms with Gasteiger partial charge < -0.3 is 5.32 Å². The molecule has 2 rings (SSSR count). The Bertz CT molecular complexity index is 390. The molecule has 90 valence electrons. The van der Waals surface area contributed by atoms with Crippen LogP contribution >= 0.6 is 15.9 Å². The zero-order valence-corrected chi connectivity index (χ0v) is 11.3. The molecule has 1 atom stereocenters. The van der Waals surface area contributed by atoms with Gasteiger partial charge in [-0.25, -0.2) is 0 Å². The second kappa shape index (κ2) is 6.15. The Kier molecular flexibility index (Phi) is 4.55. The number of benzene rings is 1. The number of hydrogen-bond donors (Lipinski definition) is 1. The summed E-state index contributed by atoms with van der Waals surface area (Å²) in [7, 11) is 0. The largest absolute Gasteiger partial charge is 0.314 e. The Morgan fingerprint density at radius 3 is 2.53 bits per heavy atom. The van der Waals surface area contributed by atoms with Crippen LogP contribution in [0.15, 0.2) is 28.7 Å². The third kappa shape index (κ3) is 3.29. The third-order valence-electron chi connectivity index (χ3n) is 3.13. The Morgan fingerprint density at radius 1 is 1.29 bits per heavy atom.